The minimum Gasteiger partial charge on any atom is -0.498 e. The second kappa shape index (κ2) is 6.20. The molecule has 0 heterocycles. The summed E-state index contributed by atoms with van der Waals surface area (Å²) in [6.07, 6.45) is -4.76. The van der Waals surface area contributed by atoms with E-state index in [0.29, 0.717) is 0 Å². The van der Waals surface area contributed by atoms with Crippen LogP contribution in [0.15, 0.2) is 11.8 Å². The second-order valence-corrected chi connectivity index (χ2v) is 4.51. The van der Waals surface area contributed by atoms with E-state index in [2.05, 4.69) is 0 Å². The van der Waals surface area contributed by atoms with Crippen molar-refractivity contribution in [1.29, 1.82) is 0 Å². The predicted molar refractivity (Wildman–Crippen MR) is 59.7 cm³/mol. The van der Waals surface area contributed by atoms with Crippen molar-refractivity contribution in [1.82, 2.24) is 0 Å². The van der Waals surface area contributed by atoms with E-state index in [1.54, 1.807) is 0 Å². The summed E-state index contributed by atoms with van der Waals surface area (Å²) < 4.78 is 54.9. The molecule has 0 aliphatic rings. The Labute approximate surface area is 104 Å². The minimum absolute atomic E-state index is 0.0402. The monoisotopic (exact) mass is 270 g/mol. The van der Waals surface area contributed by atoms with Gasteiger partial charge in [0, 0.05) is 12.0 Å². The van der Waals surface area contributed by atoms with Crippen molar-refractivity contribution in [2.24, 2.45) is 5.92 Å². The number of rotatable bonds is 6. The normalized spacial score (nSPS) is 15.4. The molecule has 0 aromatic heterocycles. The molecule has 106 valence electrons. The average Bonchev–Trinajstić information content (AvgIpc) is 2.19. The molecule has 0 saturated carbocycles. The Morgan fingerprint density at radius 2 is 1.78 bits per heavy atom. The highest BCUT2D eigenvalue weighted by Crippen LogP contribution is 2.28. The minimum atomic E-state index is -4.41. The SMILES string of the molecule is CCC(CC(F)(F)F)C(=O)/C=C(\OC)C(C)(C)F. The number of carbonyl (C=O) groups excluding carboxylic acids is 1. The first kappa shape index (κ1) is 16.9. The van der Waals surface area contributed by atoms with Crippen LogP contribution in [-0.2, 0) is 9.53 Å². The molecule has 0 fully saturated rings. The molecule has 0 bridgehead atoms. The van der Waals surface area contributed by atoms with Gasteiger partial charge in [-0.15, -0.1) is 0 Å². The Kier molecular flexibility index (Phi) is 5.83. The Morgan fingerprint density at radius 1 is 1.28 bits per heavy atom. The van der Waals surface area contributed by atoms with E-state index in [4.69, 9.17) is 4.74 Å². The topological polar surface area (TPSA) is 26.3 Å². The zero-order valence-corrected chi connectivity index (χ0v) is 10.9. The maximum Gasteiger partial charge on any atom is 0.389 e. The van der Waals surface area contributed by atoms with Crippen molar-refractivity contribution >= 4 is 5.78 Å². The fourth-order valence-corrected chi connectivity index (χ4v) is 1.45. The molecule has 0 rings (SSSR count). The second-order valence-electron chi connectivity index (χ2n) is 4.51. The predicted octanol–water partition coefficient (Wildman–Crippen LogP) is 3.81. The van der Waals surface area contributed by atoms with E-state index in [1.165, 1.54) is 27.9 Å². The molecule has 0 amide bonds. The van der Waals surface area contributed by atoms with Crippen LogP contribution in [0.4, 0.5) is 17.6 Å². The largest absolute Gasteiger partial charge is 0.498 e. The summed E-state index contributed by atoms with van der Waals surface area (Å²) in [4.78, 5) is 11.6. The molecule has 1 atom stereocenters. The van der Waals surface area contributed by atoms with Crippen LogP contribution >= 0.6 is 0 Å². The molecule has 1 unspecified atom stereocenters. The molecule has 0 aliphatic carbocycles. The van der Waals surface area contributed by atoms with Crippen molar-refractivity contribution in [3.8, 4) is 0 Å². The smallest absolute Gasteiger partial charge is 0.389 e. The number of carbonyl (C=O) groups is 1. The summed E-state index contributed by atoms with van der Waals surface area (Å²) >= 11 is 0. The molecule has 0 N–H and O–H groups in total. The van der Waals surface area contributed by atoms with Crippen LogP contribution in [0, 0.1) is 5.92 Å². The summed E-state index contributed by atoms with van der Waals surface area (Å²) in [7, 11) is 1.17. The molecule has 0 aliphatic heterocycles. The van der Waals surface area contributed by atoms with Crippen LogP contribution in [0.3, 0.4) is 0 Å². The quantitative estimate of drug-likeness (QED) is 0.417. The number of hydrogen-bond donors (Lipinski definition) is 0. The van der Waals surface area contributed by atoms with Gasteiger partial charge in [0.15, 0.2) is 11.5 Å². The summed E-state index contributed by atoms with van der Waals surface area (Å²) in [5, 5.41) is 0. The van der Waals surface area contributed by atoms with Gasteiger partial charge in [-0.2, -0.15) is 13.2 Å². The number of halogens is 4. The van der Waals surface area contributed by atoms with Crippen LogP contribution in [-0.4, -0.2) is 24.7 Å². The molecule has 0 aromatic rings. The van der Waals surface area contributed by atoms with Gasteiger partial charge in [-0.3, -0.25) is 4.79 Å². The lowest BCUT2D eigenvalue weighted by Crippen LogP contribution is -2.24. The van der Waals surface area contributed by atoms with Crippen LogP contribution in [0.1, 0.15) is 33.6 Å². The molecule has 6 heteroatoms. The summed E-state index contributed by atoms with van der Waals surface area (Å²) in [5.74, 6) is -2.23. The van der Waals surface area contributed by atoms with Gasteiger partial charge in [0.05, 0.1) is 13.5 Å². The van der Waals surface area contributed by atoms with Crippen LogP contribution in [0.2, 0.25) is 0 Å². The third-order valence-electron chi connectivity index (χ3n) is 2.45. The van der Waals surface area contributed by atoms with Crippen LogP contribution in [0.5, 0.6) is 0 Å². The summed E-state index contributed by atoms with van der Waals surface area (Å²) in [6.45, 7) is 3.82. The van der Waals surface area contributed by atoms with E-state index in [1.807, 2.05) is 0 Å². The Bertz CT molecular complexity index is 313. The number of methoxy groups -OCH3 is 1. The summed E-state index contributed by atoms with van der Waals surface area (Å²) in [6, 6.07) is 0. The van der Waals surface area contributed by atoms with E-state index in [-0.39, 0.29) is 12.2 Å². The number of ether oxygens (including phenoxy) is 1. The fraction of sp³-hybridized carbons (Fsp3) is 0.750. The molecule has 0 aromatic carbocycles. The molecule has 0 radical (unpaired) electrons. The van der Waals surface area contributed by atoms with Gasteiger partial charge in [-0.1, -0.05) is 6.92 Å². The summed E-state index contributed by atoms with van der Waals surface area (Å²) in [5.41, 5.74) is -1.90. The fourth-order valence-electron chi connectivity index (χ4n) is 1.45. The highest BCUT2D eigenvalue weighted by Gasteiger charge is 2.34. The van der Waals surface area contributed by atoms with Gasteiger partial charge in [0.2, 0.25) is 0 Å². The lowest BCUT2D eigenvalue weighted by atomic mass is 9.95. The van der Waals surface area contributed by atoms with Crippen molar-refractivity contribution < 1.29 is 27.1 Å². The number of alkyl halides is 4. The lowest BCUT2D eigenvalue weighted by Gasteiger charge is -2.19. The molecule has 0 saturated heterocycles. The maximum atomic E-state index is 13.6. The van der Waals surface area contributed by atoms with Gasteiger partial charge in [-0.25, -0.2) is 4.39 Å². The first-order valence-electron chi connectivity index (χ1n) is 5.57. The highest BCUT2D eigenvalue weighted by atomic mass is 19.4. The van der Waals surface area contributed by atoms with E-state index in [9.17, 15) is 22.4 Å². The van der Waals surface area contributed by atoms with Crippen LogP contribution in [0.25, 0.3) is 0 Å². The van der Waals surface area contributed by atoms with Crippen LogP contribution < -0.4 is 0 Å². The Morgan fingerprint density at radius 3 is 2.06 bits per heavy atom. The first-order valence-corrected chi connectivity index (χ1v) is 5.57. The van der Waals surface area contributed by atoms with E-state index >= 15 is 0 Å². The van der Waals surface area contributed by atoms with Crippen molar-refractivity contribution in [3.63, 3.8) is 0 Å². The molecule has 18 heavy (non-hydrogen) atoms. The average molecular weight is 270 g/mol. The van der Waals surface area contributed by atoms with Crippen molar-refractivity contribution in [2.45, 2.75) is 45.5 Å². The van der Waals surface area contributed by atoms with Crippen molar-refractivity contribution in [2.75, 3.05) is 7.11 Å². The van der Waals surface area contributed by atoms with E-state index in [0.717, 1.165) is 6.08 Å². The van der Waals surface area contributed by atoms with Gasteiger partial charge in [-0.05, 0) is 20.3 Å². The molecular weight excluding hydrogens is 252 g/mol. The zero-order chi connectivity index (χ0) is 14.6. The lowest BCUT2D eigenvalue weighted by molar-refractivity contribution is -0.151. The molecule has 2 nitrogen and oxygen atoms in total. The van der Waals surface area contributed by atoms with Gasteiger partial charge in [0.1, 0.15) is 5.76 Å². The van der Waals surface area contributed by atoms with E-state index < -0.39 is 30.0 Å². The molecular formula is C12H18F4O2. The maximum absolute atomic E-state index is 13.6. The molecule has 0 spiro atoms. The van der Waals surface area contributed by atoms with Gasteiger partial charge in [0.25, 0.3) is 0 Å². The Hall–Kier alpha value is -1.07. The third kappa shape index (κ3) is 6.02. The van der Waals surface area contributed by atoms with Gasteiger partial charge < -0.3 is 4.74 Å². The first-order chi connectivity index (χ1) is 8.01. The standard InChI is InChI=1S/C12H18F4O2/c1-5-8(7-12(14,15)16)9(17)6-10(18-4)11(2,3)13/h6,8H,5,7H2,1-4H3/b10-6-. The third-order valence-corrected chi connectivity index (χ3v) is 2.45. The van der Waals surface area contributed by atoms with Crippen molar-refractivity contribution in [3.05, 3.63) is 11.8 Å². The zero-order valence-electron chi connectivity index (χ0n) is 10.9. The highest BCUT2D eigenvalue weighted by molar-refractivity contribution is 5.92. The number of ketones is 1. The number of hydrogen-bond acceptors (Lipinski definition) is 2. The van der Waals surface area contributed by atoms with Gasteiger partial charge >= 0.3 is 6.18 Å². The Balaban J connectivity index is 4.96. The number of allylic oxidation sites excluding steroid dienone is 2.